The molecule has 2 rings (SSSR count). The summed E-state index contributed by atoms with van der Waals surface area (Å²) in [5.74, 6) is 0. The van der Waals surface area contributed by atoms with Gasteiger partial charge >= 0.3 is 6.18 Å². The summed E-state index contributed by atoms with van der Waals surface area (Å²) in [6, 6.07) is 5.26. The van der Waals surface area contributed by atoms with Gasteiger partial charge in [-0.1, -0.05) is 0 Å². The number of alkyl halides is 3. The molecule has 0 bridgehead atoms. The second kappa shape index (κ2) is 5.57. The fourth-order valence-corrected chi connectivity index (χ4v) is 2.57. The van der Waals surface area contributed by atoms with Crippen LogP contribution in [0.3, 0.4) is 0 Å². The molecule has 0 radical (unpaired) electrons. The van der Waals surface area contributed by atoms with Gasteiger partial charge < -0.3 is 10.2 Å². The molecule has 1 fully saturated rings. The van der Waals surface area contributed by atoms with Crippen LogP contribution in [0.25, 0.3) is 0 Å². The van der Waals surface area contributed by atoms with Crippen molar-refractivity contribution in [3.63, 3.8) is 0 Å². The zero-order valence-electron chi connectivity index (χ0n) is 12.1. The van der Waals surface area contributed by atoms with E-state index < -0.39 is 11.7 Å². The molecular weight excluding hydrogens is 279 g/mol. The van der Waals surface area contributed by atoms with Crippen LogP contribution in [-0.2, 0) is 6.18 Å². The Kier molecular flexibility index (Phi) is 4.15. The number of halogens is 3. The van der Waals surface area contributed by atoms with Crippen LogP contribution >= 0.6 is 0 Å². The molecule has 21 heavy (non-hydrogen) atoms. The lowest BCUT2D eigenvalue weighted by Gasteiger charge is -2.40. The summed E-state index contributed by atoms with van der Waals surface area (Å²) in [4.78, 5) is 1.98. The zero-order valence-corrected chi connectivity index (χ0v) is 12.1. The Hall–Kier alpha value is -1.74. The number of anilines is 1. The van der Waals surface area contributed by atoms with Crippen molar-refractivity contribution in [2.24, 2.45) is 0 Å². The molecule has 3 nitrogen and oxygen atoms in total. The fraction of sp³-hybridized carbons (Fsp3) is 0.533. The topological polar surface area (TPSA) is 39.1 Å². The highest BCUT2D eigenvalue weighted by Crippen LogP contribution is 2.34. The van der Waals surface area contributed by atoms with Crippen molar-refractivity contribution in [2.45, 2.75) is 31.5 Å². The Balaban J connectivity index is 2.24. The van der Waals surface area contributed by atoms with Gasteiger partial charge in [0.2, 0.25) is 0 Å². The number of benzene rings is 1. The zero-order chi connectivity index (χ0) is 15.7. The van der Waals surface area contributed by atoms with E-state index in [1.807, 2.05) is 18.0 Å². The lowest BCUT2D eigenvalue weighted by molar-refractivity contribution is -0.137. The van der Waals surface area contributed by atoms with Gasteiger partial charge in [-0.05, 0) is 45.0 Å². The van der Waals surface area contributed by atoms with Gasteiger partial charge in [0.25, 0.3) is 0 Å². The first-order chi connectivity index (χ1) is 9.79. The third kappa shape index (κ3) is 3.30. The first kappa shape index (κ1) is 15.6. The average molecular weight is 297 g/mol. The van der Waals surface area contributed by atoms with E-state index in [0.717, 1.165) is 38.1 Å². The van der Waals surface area contributed by atoms with Gasteiger partial charge in [0.15, 0.2) is 0 Å². The number of nitrogens with zero attached hydrogens (tertiary/aromatic N) is 2. The molecule has 0 aromatic heterocycles. The molecule has 0 unspecified atom stereocenters. The Labute approximate surface area is 122 Å². The number of hydrogen-bond donors (Lipinski definition) is 1. The summed E-state index contributed by atoms with van der Waals surface area (Å²) < 4.78 is 38.1. The van der Waals surface area contributed by atoms with Crippen LogP contribution in [-0.4, -0.2) is 25.7 Å². The van der Waals surface area contributed by atoms with Gasteiger partial charge in [-0.3, -0.25) is 0 Å². The number of nitriles is 1. The molecule has 1 heterocycles. The predicted octanol–water partition coefficient (Wildman–Crippen LogP) is 3.16. The highest BCUT2D eigenvalue weighted by atomic mass is 19.4. The van der Waals surface area contributed by atoms with E-state index in [9.17, 15) is 13.2 Å². The van der Waals surface area contributed by atoms with E-state index in [1.165, 1.54) is 6.07 Å². The van der Waals surface area contributed by atoms with E-state index in [4.69, 9.17) is 5.26 Å². The Morgan fingerprint density at radius 2 is 1.90 bits per heavy atom. The molecule has 1 aliphatic heterocycles. The van der Waals surface area contributed by atoms with Crippen LogP contribution in [0.2, 0.25) is 0 Å². The van der Waals surface area contributed by atoms with E-state index >= 15 is 0 Å². The van der Waals surface area contributed by atoms with Crippen LogP contribution in [0.15, 0.2) is 18.2 Å². The van der Waals surface area contributed by atoms with Crippen molar-refractivity contribution in [2.75, 3.05) is 25.0 Å². The van der Waals surface area contributed by atoms with Crippen molar-refractivity contribution < 1.29 is 13.2 Å². The quantitative estimate of drug-likeness (QED) is 0.911. The van der Waals surface area contributed by atoms with E-state index in [-0.39, 0.29) is 11.1 Å². The molecule has 114 valence electrons. The van der Waals surface area contributed by atoms with Crippen LogP contribution < -0.4 is 10.2 Å². The normalized spacial score (nSPS) is 18.4. The van der Waals surface area contributed by atoms with Crippen LogP contribution in [0, 0.1) is 11.3 Å². The summed E-state index contributed by atoms with van der Waals surface area (Å²) in [5.41, 5.74) is -0.0590. The Morgan fingerprint density at radius 1 is 1.29 bits per heavy atom. The van der Waals surface area contributed by atoms with Crippen molar-refractivity contribution >= 4 is 5.69 Å². The summed E-state index contributed by atoms with van der Waals surface area (Å²) >= 11 is 0. The minimum absolute atomic E-state index is 0.0508. The number of piperidine rings is 1. The minimum atomic E-state index is -4.42. The number of hydrogen-bond acceptors (Lipinski definition) is 3. The van der Waals surface area contributed by atoms with Crippen LogP contribution in [0.1, 0.15) is 30.9 Å². The first-order valence-electron chi connectivity index (χ1n) is 6.84. The maximum absolute atomic E-state index is 12.7. The van der Waals surface area contributed by atoms with Crippen molar-refractivity contribution in [1.82, 2.24) is 5.32 Å². The number of nitrogens with one attached hydrogen (secondary N) is 1. The van der Waals surface area contributed by atoms with E-state index in [2.05, 4.69) is 12.2 Å². The van der Waals surface area contributed by atoms with E-state index in [0.29, 0.717) is 5.69 Å². The molecule has 1 N–H and O–H groups in total. The van der Waals surface area contributed by atoms with E-state index in [1.54, 1.807) is 0 Å². The van der Waals surface area contributed by atoms with Gasteiger partial charge in [-0.25, -0.2) is 0 Å². The Morgan fingerprint density at radius 3 is 2.38 bits per heavy atom. The van der Waals surface area contributed by atoms with Crippen LogP contribution in [0.4, 0.5) is 18.9 Å². The highest BCUT2D eigenvalue weighted by molar-refractivity contribution is 5.61. The lowest BCUT2D eigenvalue weighted by Crippen LogP contribution is -2.50. The maximum Gasteiger partial charge on any atom is 0.416 e. The van der Waals surface area contributed by atoms with Crippen molar-refractivity contribution in [1.29, 1.82) is 5.26 Å². The summed E-state index contributed by atoms with van der Waals surface area (Å²) in [7, 11) is 1.91. The minimum Gasteiger partial charge on any atom is -0.370 e. The monoisotopic (exact) mass is 297 g/mol. The summed E-state index contributed by atoms with van der Waals surface area (Å²) in [6.45, 7) is 3.57. The SMILES string of the molecule is CNC1(C)CCN(c2ccc(C(F)(F)F)cc2C#N)CC1. The van der Waals surface area contributed by atoms with Crippen molar-refractivity contribution in [3.8, 4) is 6.07 Å². The second-order valence-electron chi connectivity index (χ2n) is 5.64. The predicted molar refractivity (Wildman–Crippen MR) is 75.1 cm³/mol. The molecule has 0 saturated carbocycles. The molecule has 1 saturated heterocycles. The van der Waals surface area contributed by atoms with Crippen molar-refractivity contribution in [3.05, 3.63) is 29.3 Å². The van der Waals surface area contributed by atoms with Crippen LogP contribution in [0.5, 0.6) is 0 Å². The maximum atomic E-state index is 12.7. The van der Waals surface area contributed by atoms with Gasteiger partial charge in [0.05, 0.1) is 16.8 Å². The molecule has 0 aliphatic carbocycles. The first-order valence-corrected chi connectivity index (χ1v) is 6.84. The van der Waals surface area contributed by atoms with Gasteiger partial charge in [-0.2, -0.15) is 18.4 Å². The lowest BCUT2D eigenvalue weighted by atomic mass is 9.89. The number of rotatable bonds is 2. The molecule has 1 aromatic rings. The molecule has 1 aliphatic rings. The highest BCUT2D eigenvalue weighted by Gasteiger charge is 2.33. The third-order valence-corrected chi connectivity index (χ3v) is 4.26. The molecule has 0 spiro atoms. The van der Waals surface area contributed by atoms with Gasteiger partial charge in [0, 0.05) is 18.6 Å². The molecular formula is C15H18F3N3. The fourth-order valence-electron chi connectivity index (χ4n) is 2.57. The third-order valence-electron chi connectivity index (χ3n) is 4.26. The largest absolute Gasteiger partial charge is 0.416 e. The summed E-state index contributed by atoms with van der Waals surface area (Å²) in [6.07, 6.45) is -2.65. The smallest absolute Gasteiger partial charge is 0.370 e. The second-order valence-corrected chi connectivity index (χ2v) is 5.64. The standard InChI is InChI=1S/C15H18F3N3/c1-14(20-2)5-7-21(8-6-14)13-4-3-12(15(16,17)18)9-11(13)10-19/h3-4,9,20H,5-8H2,1-2H3. The summed E-state index contributed by atoms with van der Waals surface area (Å²) in [5, 5.41) is 12.4. The average Bonchev–Trinajstić information content (AvgIpc) is 2.46. The van der Waals surface area contributed by atoms with Gasteiger partial charge in [0.1, 0.15) is 6.07 Å². The Bertz CT molecular complexity index is 552. The molecule has 0 atom stereocenters. The molecule has 0 amide bonds. The molecule has 1 aromatic carbocycles. The van der Waals surface area contributed by atoms with Gasteiger partial charge in [-0.15, -0.1) is 0 Å². The molecule has 6 heteroatoms.